The van der Waals surface area contributed by atoms with Crippen molar-refractivity contribution in [3.05, 3.63) is 95.3 Å². The van der Waals surface area contributed by atoms with E-state index in [9.17, 15) is 22.4 Å². The molecule has 2 amide bonds. The minimum Gasteiger partial charge on any atom is -0.352 e. The number of benzene rings is 3. The van der Waals surface area contributed by atoms with Crippen molar-refractivity contribution in [2.24, 2.45) is 0 Å². The van der Waals surface area contributed by atoms with E-state index in [2.05, 4.69) is 5.32 Å². The Hall–Kier alpha value is -3.72. The van der Waals surface area contributed by atoms with Gasteiger partial charge in [-0.3, -0.25) is 13.9 Å². The molecule has 3 aromatic carbocycles. The van der Waals surface area contributed by atoms with Gasteiger partial charge in [-0.1, -0.05) is 66.8 Å². The van der Waals surface area contributed by atoms with Gasteiger partial charge in [-0.25, -0.2) is 12.8 Å². The van der Waals surface area contributed by atoms with Crippen LogP contribution in [0.25, 0.3) is 0 Å². The fourth-order valence-corrected chi connectivity index (χ4v) is 6.55. The number of sulfonamides is 1. The first-order chi connectivity index (χ1) is 19.5. The molecule has 1 N–H and O–H groups in total. The highest BCUT2D eigenvalue weighted by molar-refractivity contribution is 7.92. The van der Waals surface area contributed by atoms with Crippen LogP contribution in [-0.2, 0) is 26.2 Å². The fraction of sp³-hybridized carbons (Fsp3) is 0.375. The molecule has 4 rings (SSSR count). The average Bonchev–Trinajstić information content (AvgIpc) is 2.95. The summed E-state index contributed by atoms with van der Waals surface area (Å²) in [7, 11) is -4.20. The molecule has 0 aliphatic heterocycles. The highest BCUT2D eigenvalue weighted by Crippen LogP contribution is 2.25. The summed E-state index contributed by atoms with van der Waals surface area (Å²) in [6.07, 6.45) is 5.05. The molecule has 7 nitrogen and oxygen atoms in total. The molecule has 1 unspecified atom stereocenters. The van der Waals surface area contributed by atoms with E-state index in [1.165, 1.54) is 29.2 Å². The summed E-state index contributed by atoms with van der Waals surface area (Å²) in [5.41, 5.74) is 2.86. The summed E-state index contributed by atoms with van der Waals surface area (Å²) in [5.74, 6) is -1.34. The molecular formula is C32H38FN3O4S. The smallest absolute Gasteiger partial charge is 0.264 e. The minimum atomic E-state index is -4.20. The topological polar surface area (TPSA) is 86.8 Å². The number of halogens is 1. The maximum absolute atomic E-state index is 14.0. The van der Waals surface area contributed by atoms with Crippen molar-refractivity contribution in [2.75, 3.05) is 10.8 Å². The maximum atomic E-state index is 14.0. The van der Waals surface area contributed by atoms with Crippen molar-refractivity contribution in [3.63, 3.8) is 0 Å². The molecule has 3 aromatic rings. The fourth-order valence-electron chi connectivity index (χ4n) is 5.13. The first kappa shape index (κ1) is 30.2. The van der Waals surface area contributed by atoms with Crippen LogP contribution in [0.1, 0.15) is 55.7 Å². The van der Waals surface area contributed by atoms with Crippen molar-refractivity contribution in [1.82, 2.24) is 10.2 Å². The van der Waals surface area contributed by atoms with Crippen LogP contribution in [0.3, 0.4) is 0 Å². The number of hydrogen-bond acceptors (Lipinski definition) is 4. The highest BCUT2D eigenvalue weighted by Gasteiger charge is 2.33. The van der Waals surface area contributed by atoms with Gasteiger partial charge in [0.1, 0.15) is 18.4 Å². The van der Waals surface area contributed by atoms with E-state index >= 15 is 0 Å². The van der Waals surface area contributed by atoms with Crippen molar-refractivity contribution in [3.8, 4) is 0 Å². The number of carbonyl (C=O) groups excluding carboxylic acids is 2. The summed E-state index contributed by atoms with van der Waals surface area (Å²) in [6.45, 7) is 5.03. The lowest BCUT2D eigenvalue weighted by atomic mass is 9.95. The van der Waals surface area contributed by atoms with E-state index in [1.54, 1.807) is 19.1 Å². The minimum absolute atomic E-state index is 0.00792. The van der Waals surface area contributed by atoms with Crippen molar-refractivity contribution in [2.45, 2.75) is 76.4 Å². The molecule has 0 bridgehead atoms. The molecule has 1 aliphatic carbocycles. The Morgan fingerprint density at radius 1 is 0.927 bits per heavy atom. The van der Waals surface area contributed by atoms with Crippen molar-refractivity contribution < 1.29 is 22.4 Å². The van der Waals surface area contributed by atoms with Gasteiger partial charge in [-0.2, -0.15) is 0 Å². The van der Waals surface area contributed by atoms with E-state index < -0.39 is 34.3 Å². The molecule has 1 atom stereocenters. The number of nitrogens with zero attached hydrogens (tertiary/aromatic N) is 2. The molecule has 1 saturated carbocycles. The van der Waals surface area contributed by atoms with E-state index in [0.717, 1.165) is 65.2 Å². The van der Waals surface area contributed by atoms with Gasteiger partial charge >= 0.3 is 0 Å². The van der Waals surface area contributed by atoms with Crippen LogP contribution in [0.5, 0.6) is 0 Å². The first-order valence-corrected chi connectivity index (χ1v) is 15.5. The second-order valence-corrected chi connectivity index (χ2v) is 12.7. The lowest BCUT2D eigenvalue weighted by Gasteiger charge is -2.33. The van der Waals surface area contributed by atoms with Gasteiger partial charge in [0, 0.05) is 12.6 Å². The van der Waals surface area contributed by atoms with Crippen LogP contribution in [0.4, 0.5) is 10.1 Å². The lowest BCUT2D eigenvalue weighted by molar-refractivity contribution is -0.139. The number of hydrogen-bond donors (Lipinski definition) is 1. The third-order valence-electron chi connectivity index (χ3n) is 7.56. The summed E-state index contributed by atoms with van der Waals surface area (Å²) < 4.78 is 42.4. The Balaban J connectivity index is 1.67. The zero-order chi connectivity index (χ0) is 29.6. The quantitative estimate of drug-likeness (QED) is 0.344. The zero-order valence-corrected chi connectivity index (χ0v) is 24.7. The van der Waals surface area contributed by atoms with Crippen LogP contribution in [0.2, 0.25) is 0 Å². The third-order valence-corrected chi connectivity index (χ3v) is 9.34. The Labute approximate surface area is 242 Å². The molecular weight excluding hydrogens is 541 g/mol. The Morgan fingerprint density at radius 2 is 1.59 bits per heavy atom. The van der Waals surface area contributed by atoms with Gasteiger partial charge in [-0.05, 0) is 75.6 Å². The molecule has 0 radical (unpaired) electrons. The van der Waals surface area contributed by atoms with Gasteiger partial charge in [0.15, 0.2) is 0 Å². The Bertz CT molecular complexity index is 1450. The second-order valence-electron chi connectivity index (χ2n) is 10.8. The van der Waals surface area contributed by atoms with Crippen LogP contribution in [-0.4, -0.2) is 43.8 Å². The van der Waals surface area contributed by atoms with Gasteiger partial charge in [0.05, 0.1) is 10.6 Å². The maximum Gasteiger partial charge on any atom is 0.264 e. The van der Waals surface area contributed by atoms with Crippen molar-refractivity contribution in [1.29, 1.82) is 0 Å². The molecule has 0 aromatic heterocycles. The van der Waals surface area contributed by atoms with Crippen LogP contribution >= 0.6 is 0 Å². The summed E-state index contributed by atoms with van der Waals surface area (Å²) >= 11 is 0. The van der Waals surface area contributed by atoms with Crippen LogP contribution in [0.15, 0.2) is 77.7 Å². The summed E-state index contributed by atoms with van der Waals surface area (Å²) in [4.78, 5) is 28.8. The van der Waals surface area contributed by atoms with Gasteiger partial charge in [-0.15, -0.1) is 0 Å². The number of aryl methyl sites for hydroxylation is 2. The van der Waals surface area contributed by atoms with Gasteiger partial charge < -0.3 is 10.2 Å². The lowest BCUT2D eigenvalue weighted by Crippen LogP contribution is -2.53. The zero-order valence-electron chi connectivity index (χ0n) is 23.8. The normalized spacial score (nSPS) is 14.7. The largest absolute Gasteiger partial charge is 0.352 e. The van der Waals surface area contributed by atoms with E-state index in [4.69, 9.17) is 0 Å². The Morgan fingerprint density at radius 3 is 2.22 bits per heavy atom. The molecule has 0 spiro atoms. The van der Waals surface area contributed by atoms with Crippen molar-refractivity contribution >= 4 is 27.5 Å². The molecule has 1 aliphatic rings. The van der Waals surface area contributed by atoms with Gasteiger partial charge in [0.2, 0.25) is 11.8 Å². The number of amides is 2. The number of carbonyl (C=O) groups is 2. The number of nitrogens with one attached hydrogen (secondary N) is 1. The first-order valence-electron chi connectivity index (χ1n) is 14.0. The Kier molecular flexibility index (Phi) is 9.81. The van der Waals surface area contributed by atoms with E-state index in [-0.39, 0.29) is 29.1 Å². The number of anilines is 1. The third kappa shape index (κ3) is 7.73. The second kappa shape index (κ2) is 13.3. The molecule has 218 valence electrons. The molecule has 9 heteroatoms. The van der Waals surface area contributed by atoms with E-state index in [0.29, 0.717) is 0 Å². The predicted molar refractivity (Wildman–Crippen MR) is 158 cm³/mol. The average molecular weight is 580 g/mol. The molecule has 1 fully saturated rings. The summed E-state index contributed by atoms with van der Waals surface area (Å²) in [6, 6.07) is 18.2. The highest BCUT2D eigenvalue weighted by atomic mass is 32.2. The standard InChI is InChI=1S/C32H38FN3O4S/c1-23-12-18-30(19-13-23)41(39,40)36(29-16-14-27(33)15-17-29)22-31(37)35(21-26-9-7-8-24(2)20-26)25(3)32(38)34-28-10-5-4-6-11-28/h7-9,12-20,25,28H,4-6,10-11,21-22H2,1-3H3,(H,34,38). The van der Waals surface area contributed by atoms with E-state index in [1.807, 2.05) is 38.1 Å². The predicted octanol–water partition coefficient (Wildman–Crippen LogP) is 5.50. The summed E-state index contributed by atoms with van der Waals surface area (Å²) in [5, 5.41) is 3.10. The monoisotopic (exact) mass is 579 g/mol. The molecule has 41 heavy (non-hydrogen) atoms. The van der Waals surface area contributed by atoms with Crippen LogP contribution in [0, 0.1) is 19.7 Å². The molecule has 0 heterocycles. The SMILES string of the molecule is Cc1ccc(S(=O)(=O)N(CC(=O)N(Cc2cccc(C)c2)C(C)C(=O)NC2CCCCC2)c2ccc(F)cc2)cc1. The van der Waals surface area contributed by atoms with Gasteiger partial charge in [0.25, 0.3) is 10.0 Å². The molecule has 0 saturated heterocycles. The van der Waals surface area contributed by atoms with Crippen LogP contribution < -0.4 is 9.62 Å². The number of rotatable bonds is 10.